The van der Waals surface area contributed by atoms with E-state index >= 15 is 0 Å². The first kappa shape index (κ1) is 21.0. The maximum Gasteiger partial charge on any atom is 0.261 e. The van der Waals surface area contributed by atoms with Crippen molar-refractivity contribution < 1.29 is 23.8 Å². The summed E-state index contributed by atoms with van der Waals surface area (Å²) in [5.74, 6) is 0.692. The molecular weight excluding hydrogens is 420 g/mol. The molecule has 5 aliphatic rings. The fourth-order valence-electron chi connectivity index (χ4n) is 5.93. The highest BCUT2D eigenvalue weighted by atomic mass is 35.5. The summed E-state index contributed by atoms with van der Waals surface area (Å²) in [5, 5.41) is 3.67. The van der Waals surface area contributed by atoms with Gasteiger partial charge < -0.3 is 24.4 Å². The smallest absolute Gasteiger partial charge is 0.261 e. The number of benzene rings is 1. The molecule has 1 aromatic carbocycles. The molecule has 8 heteroatoms. The van der Waals surface area contributed by atoms with Crippen molar-refractivity contribution in [2.45, 2.75) is 68.7 Å². The van der Waals surface area contributed by atoms with Gasteiger partial charge in [-0.3, -0.25) is 9.59 Å². The predicted molar refractivity (Wildman–Crippen MR) is 114 cm³/mol. The molecule has 1 N–H and O–H groups in total. The Balaban J connectivity index is 1.49. The van der Waals surface area contributed by atoms with Gasteiger partial charge >= 0.3 is 0 Å². The van der Waals surface area contributed by atoms with E-state index in [4.69, 9.17) is 25.8 Å². The van der Waals surface area contributed by atoms with Crippen LogP contribution in [0, 0.1) is 0 Å². The highest BCUT2D eigenvalue weighted by Gasteiger charge is 2.55. The molecule has 1 saturated carbocycles. The molecular formula is C23H29ClN2O5. The van der Waals surface area contributed by atoms with Crippen molar-refractivity contribution in [1.29, 1.82) is 0 Å². The van der Waals surface area contributed by atoms with Crippen molar-refractivity contribution in [1.82, 2.24) is 10.2 Å². The summed E-state index contributed by atoms with van der Waals surface area (Å²) >= 11 is 6.48. The van der Waals surface area contributed by atoms with E-state index in [0.717, 1.165) is 31.2 Å². The molecule has 2 saturated heterocycles. The molecule has 0 radical (unpaired) electrons. The molecule has 3 atom stereocenters. The van der Waals surface area contributed by atoms with E-state index in [1.54, 1.807) is 0 Å². The van der Waals surface area contributed by atoms with Gasteiger partial charge in [0.15, 0.2) is 6.61 Å². The molecule has 3 fully saturated rings. The largest absolute Gasteiger partial charge is 0.482 e. The van der Waals surface area contributed by atoms with Crippen LogP contribution in [0.3, 0.4) is 0 Å². The predicted octanol–water partition coefficient (Wildman–Crippen LogP) is 2.65. The number of hydrogen-bond acceptors (Lipinski definition) is 5. The van der Waals surface area contributed by atoms with E-state index in [0.29, 0.717) is 36.3 Å². The maximum atomic E-state index is 13.4. The third kappa shape index (κ3) is 3.81. The zero-order valence-corrected chi connectivity index (χ0v) is 18.5. The van der Waals surface area contributed by atoms with Crippen LogP contribution in [0.25, 0.3) is 0 Å². The molecule has 1 aromatic rings. The molecule has 1 aliphatic carbocycles. The van der Waals surface area contributed by atoms with Gasteiger partial charge in [0.1, 0.15) is 12.4 Å². The highest BCUT2D eigenvalue weighted by Crippen LogP contribution is 2.43. The van der Waals surface area contributed by atoms with Crippen molar-refractivity contribution in [2.24, 2.45) is 0 Å². The molecule has 0 aromatic heterocycles. The topological polar surface area (TPSA) is 77.1 Å². The number of nitrogens with one attached hydrogen (secondary N) is 1. The molecule has 4 aliphatic heterocycles. The number of para-hydroxylation sites is 1. The van der Waals surface area contributed by atoms with Crippen LogP contribution in [-0.2, 0) is 19.1 Å². The number of hydrogen-bond donors (Lipinski definition) is 1. The summed E-state index contributed by atoms with van der Waals surface area (Å²) in [4.78, 5) is 27.4. The van der Waals surface area contributed by atoms with Crippen LogP contribution in [-0.4, -0.2) is 66.9 Å². The third-order valence-corrected chi connectivity index (χ3v) is 7.62. The number of nitrogens with zero attached hydrogens (tertiary/aromatic N) is 1. The molecule has 31 heavy (non-hydrogen) atoms. The fourth-order valence-corrected chi connectivity index (χ4v) is 6.17. The van der Waals surface area contributed by atoms with Crippen molar-refractivity contribution in [3.63, 3.8) is 0 Å². The number of rotatable bonds is 0. The third-order valence-electron chi connectivity index (χ3n) is 7.32. The van der Waals surface area contributed by atoms with E-state index < -0.39 is 5.54 Å². The van der Waals surface area contributed by atoms with Gasteiger partial charge in [0, 0.05) is 6.04 Å². The zero-order chi connectivity index (χ0) is 21.6. The molecule has 3 unspecified atom stereocenters. The first-order chi connectivity index (χ1) is 15.0. The van der Waals surface area contributed by atoms with E-state index in [1.165, 1.54) is 0 Å². The Kier molecular flexibility index (Phi) is 5.61. The summed E-state index contributed by atoms with van der Waals surface area (Å²) in [7, 11) is 0. The monoisotopic (exact) mass is 448 g/mol. The summed E-state index contributed by atoms with van der Waals surface area (Å²) in [6.45, 7) is 2.72. The molecule has 168 valence electrons. The van der Waals surface area contributed by atoms with Gasteiger partial charge in [0.25, 0.3) is 5.91 Å². The standard InChI is InChI=1S/C23H29ClN2O5/c1-14-9-23(13-29-11-20(27)25-23)19-10-30-16-7-5-15(6-8-16)17-3-2-4-18(24)22(17)31-12-21(28)26(14)19/h2-4,14-16,19H,5-13H2,1H3,(H,25,27). The Hall–Kier alpha value is -1.83. The fraction of sp³-hybridized carbons (Fsp3) is 0.652. The Bertz CT molecular complexity index is 872. The molecule has 4 heterocycles. The van der Waals surface area contributed by atoms with Crippen LogP contribution in [0.1, 0.15) is 50.5 Å². The summed E-state index contributed by atoms with van der Waals surface area (Å²) in [6.07, 6.45) is 4.65. The van der Waals surface area contributed by atoms with Gasteiger partial charge in [0.2, 0.25) is 5.91 Å². The van der Waals surface area contributed by atoms with Gasteiger partial charge in [-0.2, -0.15) is 0 Å². The molecule has 6 rings (SSSR count). The number of fused-ring (bicyclic) bond motifs is 5. The lowest BCUT2D eigenvalue weighted by atomic mass is 9.82. The van der Waals surface area contributed by atoms with Crippen LogP contribution in [0.2, 0.25) is 5.02 Å². The number of morpholine rings is 1. The van der Waals surface area contributed by atoms with Crippen molar-refractivity contribution in [2.75, 3.05) is 26.4 Å². The Morgan fingerprint density at radius 2 is 1.97 bits per heavy atom. The van der Waals surface area contributed by atoms with Gasteiger partial charge in [-0.1, -0.05) is 23.7 Å². The molecule has 1 spiro atoms. The van der Waals surface area contributed by atoms with Crippen molar-refractivity contribution in [3.05, 3.63) is 28.8 Å². The number of amides is 2. The minimum atomic E-state index is -0.628. The minimum absolute atomic E-state index is 0.0556. The van der Waals surface area contributed by atoms with E-state index in [9.17, 15) is 9.59 Å². The molecule has 2 bridgehead atoms. The lowest BCUT2D eigenvalue weighted by molar-refractivity contribution is -0.145. The second-order valence-electron chi connectivity index (χ2n) is 9.32. The van der Waals surface area contributed by atoms with Crippen LogP contribution in [0.15, 0.2) is 18.2 Å². The quantitative estimate of drug-likeness (QED) is 0.660. The summed E-state index contributed by atoms with van der Waals surface area (Å²) in [5.41, 5.74) is 0.450. The second kappa shape index (κ2) is 8.26. The lowest BCUT2D eigenvalue weighted by Gasteiger charge is -2.41. The van der Waals surface area contributed by atoms with Crippen LogP contribution >= 0.6 is 11.6 Å². The zero-order valence-electron chi connectivity index (χ0n) is 17.8. The number of carbonyl (C=O) groups excluding carboxylic acids is 2. The van der Waals surface area contributed by atoms with Crippen LogP contribution in [0.4, 0.5) is 0 Å². The normalized spacial score (nSPS) is 36.0. The van der Waals surface area contributed by atoms with Crippen LogP contribution < -0.4 is 10.1 Å². The van der Waals surface area contributed by atoms with Crippen LogP contribution in [0.5, 0.6) is 5.75 Å². The van der Waals surface area contributed by atoms with Gasteiger partial charge in [-0.25, -0.2) is 0 Å². The van der Waals surface area contributed by atoms with Gasteiger partial charge in [0.05, 0.1) is 35.9 Å². The minimum Gasteiger partial charge on any atom is -0.482 e. The van der Waals surface area contributed by atoms with E-state index in [-0.39, 0.29) is 43.2 Å². The second-order valence-corrected chi connectivity index (χ2v) is 9.73. The maximum absolute atomic E-state index is 13.4. The molecule has 2 amide bonds. The number of carbonyl (C=O) groups is 2. The SMILES string of the molecule is CC1CC2(COCC(=O)N2)C2COC3CCC(CC3)c3cccc(Cl)c3OCC(=O)N12. The van der Waals surface area contributed by atoms with Gasteiger partial charge in [-0.15, -0.1) is 0 Å². The van der Waals surface area contributed by atoms with E-state index in [1.807, 2.05) is 24.0 Å². The van der Waals surface area contributed by atoms with Crippen molar-refractivity contribution in [3.8, 4) is 5.75 Å². The summed E-state index contributed by atoms with van der Waals surface area (Å²) < 4.78 is 18.0. The first-order valence-corrected chi connectivity index (χ1v) is 11.6. The highest BCUT2D eigenvalue weighted by molar-refractivity contribution is 6.32. The summed E-state index contributed by atoms with van der Waals surface area (Å²) in [6, 6.07) is 5.44. The van der Waals surface area contributed by atoms with Crippen molar-refractivity contribution >= 4 is 23.4 Å². The number of halogens is 1. The number of ether oxygens (including phenoxy) is 3. The lowest BCUT2D eigenvalue weighted by Crippen LogP contribution is -2.65. The Morgan fingerprint density at radius 3 is 2.74 bits per heavy atom. The average Bonchev–Trinajstić information content (AvgIpc) is 3.01. The average molecular weight is 449 g/mol. The Morgan fingerprint density at radius 1 is 1.16 bits per heavy atom. The van der Waals surface area contributed by atoms with E-state index in [2.05, 4.69) is 11.4 Å². The van der Waals surface area contributed by atoms with Gasteiger partial charge in [-0.05, 0) is 56.6 Å². The first-order valence-electron chi connectivity index (χ1n) is 11.2. The Labute approximate surface area is 187 Å². The molecule has 7 nitrogen and oxygen atoms in total.